The number of hydrogen-bond donors (Lipinski definition) is 3. The predicted octanol–water partition coefficient (Wildman–Crippen LogP) is 1.43. The van der Waals surface area contributed by atoms with Gasteiger partial charge in [-0.15, -0.1) is 0 Å². The SMILES string of the molecule is CCC(C(=O)NC1CC(O)C(CO)C1)c1ccccc1. The molecule has 1 aromatic rings. The molecule has 4 atom stereocenters. The van der Waals surface area contributed by atoms with E-state index >= 15 is 0 Å². The highest BCUT2D eigenvalue weighted by Crippen LogP contribution is 2.27. The molecular formula is C16H23NO3. The highest BCUT2D eigenvalue weighted by atomic mass is 16.3. The molecule has 20 heavy (non-hydrogen) atoms. The minimum Gasteiger partial charge on any atom is -0.396 e. The number of aliphatic hydroxyl groups is 2. The molecule has 1 aromatic carbocycles. The van der Waals surface area contributed by atoms with E-state index in [2.05, 4.69) is 5.32 Å². The molecule has 0 heterocycles. The van der Waals surface area contributed by atoms with E-state index in [0.717, 1.165) is 12.0 Å². The van der Waals surface area contributed by atoms with Gasteiger partial charge in [-0.1, -0.05) is 37.3 Å². The van der Waals surface area contributed by atoms with Gasteiger partial charge in [0.2, 0.25) is 5.91 Å². The first kappa shape index (κ1) is 15.0. The van der Waals surface area contributed by atoms with Crippen molar-refractivity contribution in [3.8, 4) is 0 Å². The Balaban J connectivity index is 1.97. The minimum atomic E-state index is -0.512. The van der Waals surface area contributed by atoms with Crippen molar-refractivity contribution < 1.29 is 15.0 Å². The van der Waals surface area contributed by atoms with Crippen LogP contribution in [0.3, 0.4) is 0 Å². The Morgan fingerprint density at radius 2 is 2.05 bits per heavy atom. The Bertz CT molecular complexity index is 435. The van der Waals surface area contributed by atoms with Gasteiger partial charge in [0.05, 0.1) is 12.0 Å². The van der Waals surface area contributed by atoms with Crippen LogP contribution in [-0.2, 0) is 4.79 Å². The van der Waals surface area contributed by atoms with Crippen molar-refractivity contribution in [2.45, 2.75) is 44.2 Å². The number of carbonyl (C=O) groups excluding carboxylic acids is 1. The van der Waals surface area contributed by atoms with Crippen molar-refractivity contribution in [1.29, 1.82) is 0 Å². The van der Waals surface area contributed by atoms with Gasteiger partial charge in [-0.25, -0.2) is 0 Å². The van der Waals surface area contributed by atoms with Gasteiger partial charge >= 0.3 is 0 Å². The van der Waals surface area contributed by atoms with Gasteiger partial charge in [0, 0.05) is 18.6 Å². The molecule has 0 saturated heterocycles. The van der Waals surface area contributed by atoms with Crippen LogP contribution in [0.1, 0.15) is 37.7 Å². The van der Waals surface area contributed by atoms with Crippen molar-refractivity contribution in [2.24, 2.45) is 5.92 Å². The summed E-state index contributed by atoms with van der Waals surface area (Å²) in [4.78, 5) is 12.4. The summed E-state index contributed by atoms with van der Waals surface area (Å²) in [5.74, 6) is -0.256. The molecule has 3 N–H and O–H groups in total. The molecule has 4 unspecified atom stereocenters. The number of aliphatic hydroxyl groups excluding tert-OH is 2. The molecule has 1 aliphatic carbocycles. The highest BCUT2D eigenvalue weighted by Gasteiger charge is 2.34. The van der Waals surface area contributed by atoms with E-state index in [9.17, 15) is 9.90 Å². The molecule has 0 spiro atoms. The van der Waals surface area contributed by atoms with Crippen LogP contribution in [0.25, 0.3) is 0 Å². The Morgan fingerprint density at radius 1 is 1.35 bits per heavy atom. The Morgan fingerprint density at radius 3 is 2.60 bits per heavy atom. The van der Waals surface area contributed by atoms with Crippen molar-refractivity contribution >= 4 is 5.91 Å². The molecule has 1 aliphatic rings. The average Bonchev–Trinajstić information content (AvgIpc) is 2.80. The normalized spacial score (nSPS) is 27.2. The van der Waals surface area contributed by atoms with Gasteiger partial charge in [0.25, 0.3) is 0 Å². The minimum absolute atomic E-state index is 0.00879. The van der Waals surface area contributed by atoms with Gasteiger partial charge in [0.15, 0.2) is 0 Å². The Labute approximate surface area is 119 Å². The van der Waals surface area contributed by atoms with E-state index in [0.29, 0.717) is 12.8 Å². The quantitative estimate of drug-likeness (QED) is 0.762. The second-order valence-electron chi connectivity index (χ2n) is 5.56. The second-order valence-corrected chi connectivity index (χ2v) is 5.56. The van der Waals surface area contributed by atoms with Crippen LogP contribution < -0.4 is 5.32 Å². The van der Waals surface area contributed by atoms with Crippen LogP contribution in [0, 0.1) is 5.92 Å². The first-order valence-electron chi connectivity index (χ1n) is 7.30. The lowest BCUT2D eigenvalue weighted by atomic mass is 9.95. The average molecular weight is 277 g/mol. The summed E-state index contributed by atoms with van der Waals surface area (Å²) in [7, 11) is 0. The number of carbonyl (C=O) groups is 1. The van der Waals surface area contributed by atoms with Crippen LogP contribution in [0.15, 0.2) is 30.3 Å². The van der Waals surface area contributed by atoms with Crippen molar-refractivity contribution in [3.63, 3.8) is 0 Å². The van der Waals surface area contributed by atoms with Crippen molar-refractivity contribution in [2.75, 3.05) is 6.61 Å². The second kappa shape index (κ2) is 6.86. The van der Waals surface area contributed by atoms with E-state index in [1.54, 1.807) is 0 Å². The molecule has 1 amide bonds. The van der Waals surface area contributed by atoms with Crippen molar-refractivity contribution in [3.05, 3.63) is 35.9 Å². The predicted molar refractivity (Wildman–Crippen MR) is 77.2 cm³/mol. The van der Waals surface area contributed by atoms with Crippen LogP contribution in [0.5, 0.6) is 0 Å². The number of rotatable bonds is 5. The number of hydrogen-bond acceptors (Lipinski definition) is 3. The molecule has 2 rings (SSSR count). The Kier molecular flexibility index (Phi) is 5.15. The summed E-state index contributed by atoms with van der Waals surface area (Å²) in [6.07, 6.45) is 1.41. The fourth-order valence-electron chi connectivity index (χ4n) is 2.98. The molecule has 1 saturated carbocycles. The standard InChI is InChI=1S/C16H23NO3/c1-2-14(11-6-4-3-5-7-11)16(20)17-13-8-12(10-18)15(19)9-13/h3-7,12-15,18-19H,2,8-10H2,1H3,(H,17,20). The van der Waals surface area contributed by atoms with Gasteiger partial charge in [0.1, 0.15) is 0 Å². The van der Waals surface area contributed by atoms with E-state index in [-0.39, 0.29) is 30.4 Å². The number of nitrogens with one attached hydrogen (secondary N) is 1. The molecule has 0 aliphatic heterocycles. The third-order valence-electron chi connectivity index (χ3n) is 4.17. The molecule has 0 aromatic heterocycles. The number of benzene rings is 1. The monoisotopic (exact) mass is 277 g/mol. The summed E-state index contributed by atoms with van der Waals surface area (Å²) >= 11 is 0. The van der Waals surface area contributed by atoms with Crippen LogP contribution >= 0.6 is 0 Å². The summed E-state index contributed by atoms with van der Waals surface area (Å²) in [6, 6.07) is 9.71. The van der Waals surface area contributed by atoms with E-state index < -0.39 is 6.10 Å². The van der Waals surface area contributed by atoms with Crippen LogP contribution in [-0.4, -0.2) is 34.9 Å². The first-order valence-corrected chi connectivity index (χ1v) is 7.30. The smallest absolute Gasteiger partial charge is 0.227 e. The summed E-state index contributed by atoms with van der Waals surface area (Å²) in [5.41, 5.74) is 1.02. The fraction of sp³-hybridized carbons (Fsp3) is 0.562. The molecule has 4 nitrogen and oxygen atoms in total. The lowest BCUT2D eigenvalue weighted by Crippen LogP contribution is -2.36. The third kappa shape index (κ3) is 3.38. The zero-order valence-electron chi connectivity index (χ0n) is 11.8. The maximum atomic E-state index is 12.4. The van der Waals surface area contributed by atoms with Crippen molar-refractivity contribution in [1.82, 2.24) is 5.32 Å². The zero-order valence-corrected chi connectivity index (χ0v) is 11.8. The molecule has 4 heteroatoms. The largest absolute Gasteiger partial charge is 0.396 e. The maximum Gasteiger partial charge on any atom is 0.227 e. The fourth-order valence-corrected chi connectivity index (χ4v) is 2.98. The molecule has 1 fully saturated rings. The lowest BCUT2D eigenvalue weighted by molar-refractivity contribution is -0.123. The summed E-state index contributed by atoms with van der Waals surface area (Å²) in [6.45, 7) is 1.97. The van der Waals surface area contributed by atoms with Crippen LogP contribution in [0.2, 0.25) is 0 Å². The van der Waals surface area contributed by atoms with Crippen LogP contribution in [0.4, 0.5) is 0 Å². The lowest BCUT2D eigenvalue weighted by Gasteiger charge is -2.19. The summed E-state index contributed by atoms with van der Waals surface area (Å²) in [5, 5.41) is 21.9. The zero-order chi connectivity index (χ0) is 14.5. The number of amides is 1. The maximum absolute atomic E-state index is 12.4. The van der Waals surface area contributed by atoms with Gasteiger partial charge < -0.3 is 15.5 Å². The third-order valence-corrected chi connectivity index (χ3v) is 4.17. The van der Waals surface area contributed by atoms with Gasteiger partial charge in [-0.05, 0) is 24.8 Å². The molecular weight excluding hydrogens is 254 g/mol. The van der Waals surface area contributed by atoms with Gasteiger partial charge in [-0.2, -0.15) is 0 Å². The molecule has 0 bridgehead atoms. The Hall–Kier alpha value is -1.39. The molecule has 0 radical (unpaired) electrons. The highest BCUT2D eigenvalue weighted by molar-refractivity contribution is 5.83. The molecule has 110 valence electrons. The van der Waals surface area contributed by atoms with E-state index in [1.807, 2.05) is 37.3 Å². The first-order chi connectivity index (χ1) is 9.65. The topological polar surface area (TPSA) is 69.6 Å². The van der Waals surface area contributed by atoms with E-state index in [4.69, 9.17) is 5.11 Å². The summed E-state index contributed by atoms with van der Waals surface area (Å²) < 4.78 is 0. The van der Waals surface area contributed by atoms with E-state index in [1.165, 1.54) is 0 Å². The van der Waals surface area contributed by atoms with Gasteiger partial charge in [-0.3, -0.25) is 4.79 Å².